The smallest absolute Gasteiger partial charge is 0.283 e. The van der Waals surface area contributed by atoms with Gasteiger partial charge in [-0.1, -0.05) is 19.4 Å². The van der Waals surface area contributed by atoms with Crippen LogP contribution in [0.4, 0.5) is 4.39 Å². The van der Waals surface area contributed by atoms with Crippen molar-refractivity contribution in [2.75, 3.05) is 6.26 Å². The quantitative estimate of drug-likeness (QED) is 0.621. The number of carbonyl (C=O) groups excluding carboxylic acids is 1. The van der Waals surface area contributed by atoms with E-state index in [0.717, 1.165) is 12.7 Å². The highest BCUT2D eigenvalue weighted by Gasteiger charge is 2.24. The van der Waals surface area contributed by atoms with Crippen molar-refractivity contribution < 1.29 is 17.6 Å². The fourth-order valence-corrected chi connectivity index (χ4v) is 2.99. The minimum Gasteiger partial charge on any atom is -0.370 e. The van der Waals surface area contributed by atoms with Crippen molar-refractivity contribution in [2.45, 2.75) is 31.1 Å². The number of amides is 1. The highest BCUT2D eigenvalue weighted by molar-refractivity contribution is 7.90. The van der Waals surface area contributed by atoms with Gasteiger partial charge in [-0.2, -0.15) is 4.99 Å². The van der Waals surface area contributed by atoms with Crippen LogP contribution in [0.3, 0.4) is 0 Å². The standard InChI is InChI=1S/C13H18FN3O3S/c1-3-4-5-8-6-7-9(12(18)17-13(15)16)10(14)11(8)21(2,19)20/h6-7H,3-5H2,1-2H3,(H4,15,16,17,18). The summed E-state index contributed by atoms with van der Waals surface area (Å²) < 4.78 is 38.0. The molecule has 21 heavy (non-hydrogen) atoms. The summed E-state index contributed by atoms with van der Waals surface area (Å²) in [6, 6.07) is 2.62. The average molecular weight is 315 g/mol. The summed E-state index contributed by atoms with van der Waals surface area (Å²) in [6.45, 7) is 1.94. The largest absolute Gasteiger partial charge is 0.370 e. The number of carbonyl (C=O) groups is 1. The van der Waals surface area contributed by atoms with Crippen LogP contribution in [0.25, 0.3) is 0 Å². The lowest BCUT2D eigenvalue weighted by atomic mass is 10.1. The van der Waals surface area contributed by atoms with E-state index >= 15 is 0 Å². The van der Waals surface area contributed by atoms with Crippen LogP contribution in [0.2, 0.25) is 0 Å². The fraction of sp³-hybridized carbons (Fsp3) is 0.385. The Balaban J connectivity index is 3.48. The molecular weight excluding hydrogens is 297 g/mol. The van der Waals surface area contributed by atoms with Gasteiger partial charge < -0.3 is 11.5 Å². The molecule has 0 heterocycles. The van der Waals surface area contributed by atoms with Crippen LogP contribution >= 0.6 is 0 Å². The first-order chi connectivity index (χ1) is 9.68. The molecule has 0 saturated heterocycles. The number of guanidine groups is 1. The Bertz CT molecular complexity index is 680. The number of benzene rings is 1. The van der Waals surface area contributed by atoms with Crippen LogP contribution in [-0.4, -0.2) is 26.5 Å². The maximum Gasteiger partial charge on any atom is 0.283 e. The van der Waals surface area contributed by atoms with Crippen molar-refractivity contribution in [1.82, 2.24) is 0 Å². The summed E-state index contributed by atoms with van der Waals surface area (Å²) in [5, 5.41) is 0. The van der Waals surface area contributed by atoms with Gasteiger partial charge in [-0.3, -0.25) is 4.79 Å². The van der Waals surface area contributed by atoms with Crippen molar-refractivity contribution >= 4 is 21.7 Å². The number of rotatable bonds is 5. The topological polar surface area (TPSA) is 116 Å². The molecule has 1 rings (SSSR count). The van der Waals surface area contributed by atoms with Crippen molar-refractivity contribution in [1.29, 1.82) is 0 Å². The third kappa shape index (κ3) is 4.25. The second-order valence-electron chi connectivity index (χ2n) is 4.63. The molecular formula is C13H18FN3O3S. The van der Waals surface area contributed by atoms with E-state index in [0.29, 0.717) is 18.4 Å². The van der Waals surface area contributed by atoms with Crippen molar-refractivity contribution in [3.63, 3.8) is 0 Å². The number of aliphatic imine (C=N–C) groups is 1. The van der Waals surface area contributed by atoms with Crippen LogP contribution in [0.15, 0.2) is 22.0 Å². The van der Waals surface area contributed by atoms with E-state index in [1.54, 1.807) is 0 Å². The average Bonchev–Trinajstić information content (AvgIpc) is 2.33. The first-order valence-electron chi connectivity index (χ1n) is 6.33. The third-order valence-electron chi connectivity index (χ3n) is 2.81. The zero-order chi connectivity index (χ0) is 16.2. The number of unbranched alkanes of at least 4 members (excludes halogenated alkanes) is 1. The molecule has 0 unspecified atom stereocenters. The van der Waals surface area contributed by atoms with E-state index in [9.17, 15) is 17.6 Å². The number of hydrogen-bond acceptors (Lipinski definition) is 3. The first-order valence-corrected chi connectivity index (χ1v) is 8.23. The van der Waals surface area contributed by atoms with Crippen LogP contribution in [0.1, 0.15) is 35.7 Å². The second-order valence-corrected chi connectivity index (χ2v) is 6.59. The Kier molecular flexibility index (Phi) is 5.42. The van der Waals surface area contributed by atoms with Gasteiger partial charge in [0, 0.05) is 6.26 Å². The second kappa shape index (κ2) is 6.66. The van der Waals surface area contributed by atoms with Crippen molar-refractivity contribution in [2.24, 2.45) is 16.5 Å². The number of sulfone groups is 1. The summed E-state index contributed by atoms with van der Waals surface area (Å²) >= 11 is 0. The van der Waals surface area contributed by atoms with Crippen LogP contribution in [0.5, 0.6) is 0 Å². The zero-order valence-corrected chi connectivity index (χ0v) is 12.7. The van der Waals surface area contributed by atoms with E-state index in [1.165, 1.54) is 12.1 Å². The maximum atomic E-state index is 14.4. The molecule has 1 aromatic carbocycles. The monoisotopic (exact) mass is 315 g/mol. The number of aryl methyl sites for hydroxylation is 1. The molecule has 4 N–H and O–H groups in total. The lowest BCUT2D eigenvalue weighted by Crippen LogP contribution is -2.24. The minimum atomic E-state index is -3.82. The molecule has 0 aromatic heterocycles. The predicted octanol–water partition coefficient (Wildman–Crippen LogP) is 0.985. The zero-order valence-electron chi connectivity index (χ0n) is 11.9. The normalized spacial score (nSPS) is 11.2. The molecule has 0 aliphatic heterocycles. The van der Waals surface area contributed by atoms with Crippen LogP contribution in [-0.2, 0) is 16.3 Å². The van der Waals surface area contributed by atoms with Crippen molar-refractivity contribution in [3.05, 3.63) is 29.1 Å². The lowest BCUT2D eigenvalue weighted by Gasteiger charge is -2.11. The predicted molar refractivity (Wildman–Crippen MR) is 78.3 cm³/mol. The van der Waals surface area contributed by atoms with E-state index in [2.05, 4.69) is 4.99 Å². The number of hydrogen-bond donors (Lipinski definition) is 2. The summed E-state index contributed by atoms with van der Waals surface area (Å²) in [5.41, 5.74) is 10.0. The van der Waals surface area contributed by atoms with Crippen LogP contribution < -0.4 is 11.5 Å². The van der Waals surface area contributed by atoms with E-state index in [1.807, 2.05) is 6.92 Å². The van der Waals surface area contributed by atoms with E-state index in [4.69, 9.17) is 11.5 Å². The van der Waals surface area contributed by atoms with Gasteiger partial charge in [0.2, 0.25) is 0 Å². The molecule has 0 fully saturated rings. The number of nitrogens with two attached hydrogens (primary N) is 2. The highest BCUT2D eigenvalue weighted by Crippen LogP contribution is 2.25. The summed E-state index contributed by atoms with van der Waals surface area (Å²) in [6.07, 6.45) is 2.85. The summed E-state index contributed by atoms with van der Waals surface area (Å²) in [5.74, 6) is -2.64. The lowest BCUT2D eigenvalue weighted by molar-refractivity contribution is 0.0998. The van der Waals surface area contributed by atoms with Gasteiger partial charge in [-0.15, -0.1) is 0 Å². The van der Waals surface area contributed by atoms with E-state index in [-0.39, 0.29) is 0 Å². The third-order valence-corrected chi connectivity index (χ3v) is 3.99. The van der Waals surface area contributed by atoms with Gasteiger partial charge in [0.05, 0.1) is 5.56 Å². The molecule has 1 amide bonds. The van der Waals surface area contributed by atoms with Gasteiger partial charge in [0.25, 0.3) is 5.91 Å². The SMILES string of the molecule is CCCCc1ccc(C(=O)N=C(N)N)c(F)c1S(C)(=O)=O. The van der Waals surface area contributed by atoms with Gasteiger partial charge in [-0.05, 0) is 24.5 Å². The Morgan fingerprint density at radius 1 is 1.33 bits per heavy atom. The first kappa shape index (κ1) is 17.1. The maximum absolute atomic E-state index is 14.4. The summed E-state index contributed by atoms with van der Waals surface area (Å²) in [7, 11) is -3.82. The Morgan fingerprint density at radius 2 is 1.95 bits per heavy atom. The Labute approximate surface area is 123 Å². The van der Waals surface area contributed by atoms with Gasteiger partial charge in [-0.25, -0.2) is 12.8 Å². The molecule has 0 saturated carbocycles. The number of halogens is 1. The Morgan fingerprint density at radius 3 is 2.43 bits per heavy atom. The van der Waals surface area contributed by atoms with Gasteiger partial charge in [0.1, 0.15) is 4.90 Å². The highest BCUT2D eigenvalue weighted by atomic mass is 32.2. The molecule has 1 aromatic rings. The summed E-state index contributed by atoms with van der Waals surface area (Å²) in [4.78, 5) is 14.5. The molecule has 0 aliphatic rings. The molecule has 0 bridgehead atoms. The van der Waals surface area contributed by atoms with E-state index < -0.39 is 38.0 Å². The molecule has 6 nitrogen and oxygen atoms in total. The molecule has 0 aliphatic carbocycles. The van der Waals surface area contributed by atoms with Gasteiger partial charge >= 0.3 is 0 Å². The molecule has 0 atom stereocenters. The molecule has 0 radical (unpaired) electrons. The Hall–Kier alpha value is -1.96. The minimum absolute atomic E-state index is 0.345. The fourth-order valence-electron chi connectivity index (χ4n) is 1.90. The molecule has 116 valence electrons. The van der Waals surface area contributed by atoms with Crippen LogP contribution in [0, 0.1) is 5.82 Å². The van der Waals surface area contributed by atoms with Gasteiger partial charge in [0.15, 0.2) is 21.6 Å². The molecule has 0 spiro atoms. The number of nitrogens with zero attached hydrogens (tertiary/aromatic N) is 1. The molecule has 8 heteroatoms. The van der Waals surface area contributed by atoms with Crippen molar-refractivity contribution in [3.8, 4) is 0 Å².